The van der Waals surface area contributed by atoms with Gasteiger partial charge in [-0.3, -0.25) is 0 Å². The fourth-order valence-corrected chi connectivity index (χ4v) is 4.31. The first-order valence-corrected chi connectivity index (χ1v) is 10.5. The predicted molar refractivity (Wildman–Crippen MR) is 105 cm³/mol. The van der Waals surface area contributed by atoms with E-state index in [-0.39, 0.29) is 23.6 Å². The van der Waals surface area contributed by atoms with Crippen LogP contribution in [0.15, 0.2) is 48.5 Å². The fraction of sp³-hybridized carbons (Fsp3) is 0.316. The summed E-state index contributed by atoms with van der Waals surface area (Å²) in [6.45, 7) is 0.860. The Morgan fingerprint density at radius 1 is 1.15 bits per heavy atom. The van der Waals surface area contributed by atoms with Gasteiger partial charge in [-0.2, -0.15) is 0 Å². The quantitative estimate of drug-likeness (QED) is 0.728. The number of ether oxygens (including phenoxy) is 1. The van der Waals surface area contributed by atoms with Crippen molar-refractivity contribution in [1.82, 2.24) is 10.6 Å². The standard InChI is InChI=1S/C19H23N3O4S/c1-26-17-8-2-14(3-9-17)12-21-19(23)22-16-6-4-15(5-7-16)18-13-27(24,25)11-10-20-18/h2-9,18,20H,10-13H2,1H3,(H2,21,22,23)/t18-/m1/s1. The number of carbonyl (C=O) groups is 1. The summed E-state index contributed by atoms with van der Waals surface area (Å²) in [4.78, 5) is 12.0. The Hall–Kier alpha value is -2.58. The summed E-state index contributed by atoms with van der Waals surface area (Å²) in [7, 11) is -1.39. The Labute approximate surface area is 159 Å². The topological polar surface area (TPSA) is 96.5 Å². The third-order valence-corrected chi connectivity index (χ3v) is 6.07. The van der Waals surface area contributed by atoms with Gasteiger partial charge in [-0.1, -0.05) is 24.3 Å². The number of nitrogens with one attached hydrogen (secondary N) is 3. The molecule has 1 fully saturated rings. The minimum Gasteiger partial charge on any atom is -0.497 e. The van der Waals surface area contributed by atoms with Crippen molar-refractivity contribution in [3.05, 3.63) is 59.7 Å². The van der Waals surface area contributed by atoms with Gasteiger partial charge in [0.15, 0.2) is 9.84 Å². The average Bonchev–Trinajstić information content (AvgIpc) is 2.66. The van der Waals surface area contributed by atoms with Crippen molar-refractivity contribution in [2.75, 3.05) is 30.5 Å². The monoisotopic (exact) mass is 389 g/mol. The molecule has 0 spiro atoms. The molecular weight excluding hydrogens is 366 g/mol. The maximum atomic E-state index is 12.0. The van der Waals surface area contributed by atoms with Crippen LogP contribution >= 0.6 is 0 Å². The molecule has 1 saturated heterocycles. The Balaban J connectivity index is 1.52. The molecule has 0 aromatic heterocycles. The summed E-state index contributed by atoms with van der Waals surface area (Å²) in [5.74, 6) is 1.04. The molecule has 7 nitrogen and oxygen atoms in total. The van der Waals surface area contributed by atoms with Crippen molar-refractivity contribution in [2.24, 2.45) is 0 Å². The van der Waals surface area contributed by atoms with Crippen LogP contribution < -0.4 is 20.7 Å². The Kier molecular flexibility index (Phi) is 5.98. The molecule has 27 heavy (non-hydrogen) atoms. The fourth-order valence-electron chi connectivity index (χ4n) is 2.90. The molecule has 0 aliphatic carbocycles. The average molecular weight is 389 g/mol. The zero-order valence-corrected chi connectivity index (χ0v) is 15.9. The molecule has 2 aromatic carbocycles. The van der Waals surface area contributed by atoms with Gasteiger partial charge in [0.05, 0.1) is 18.6 Å². The lowest BCUT2D eigenvalue weighted by Gasteiger charge is -2.24. The first kappa shape index (κ1) is 19.2. The minimum atomic E-state index is -3.00. The van der Waals surface area contributed by atoms with E-state index >= 15 is 0 Å². The lowest BCUT2D eigenvalue weighted by atomic mass is 10.1. The molecule has 1 heterocycles. The van der Waals surface area contributed by atoms with E-state index in [1.807, 2.05) is 36.4 Å². The normalized spacial score (nSPS) is 18.5. The van der Waals surface area contributed by atoms with E-state index in [0.717, 1.165) is 16.9 Å². The van der Waals surface area contributed by atoms with Crippen molar-refractivity contribution in [3.63, 3.8) is 0 Å². The van der Waals surface area contributed by atoms with E-state index in [2.05, 4.69) is 16.0 Å². The van der Waals surface area contributed by atoms with Gasteiger partial charge in [0.25, 0.3) is 0 Å². The van der Waals surface area contributed by atoms with E-state index in [9.17, 15) is 13.2 Å². The smallest absolute Gasteiger partial charge is 0.319 e. The highest BCUT2D eigenvalue weighted by atomic mass is 32.2. The third kappa shape index (κ3) is 5.45. The Morgan fingerprint density at radius 2 is 1.85 bits per heavy atom. The minimum absolute atomic E-state index is 0.0993. The van der Waals surface area contributed by atoms with Crippen LogP contribution in [0.1, 0.15) is 17.2 Å². The van der Waals surface area contributed by atoms with E-state index in [4.69, 9.17) is 4.74 Å². The largest absolute Gasteiger partial charge is 0.497 e. The molecule has 2 aromatic rings. The lowest BCUT2D eigenvalue weighted by Crippen LogP contribution is -2.39. The number of anilines is 1. The summed E-state index contributed by atoms with van der Waals surface area (Å²) in [5.41, 5.74) is 2.50. The highest BCUT2D eigenvalue weighted by molar-refractivity contribution is 7.91. The zero-order valence-electron chi connectivity index (χ0n) is 15.1. The van der Waals surface area contributed by atoms with E-state index in [1.165, 1.54) is 0 Å². The second-order valence-corrected chi connectivity index (χ2v) is 8.63. The zero-order chi connectivity index (χ0) is 19.3. The van der Waals surface area contributed by atoms with Crippen molar-refractivity contribution >= 4 is 21.6 Å². The van der Waals surface area contributed by atoms with E-state index in [1.54, 1.807) is 19.2 Å². The van der Waals surface area contributed by atoms with Crippen LogP contribution in [0, 0.1) is 0 Å². The number of carbonyl (C=O) groups excluding carboxylic acids is 1. The van der Waals surface area contributed by atoms with Crippen LogP contribution in [-0.4, -0.2) is 39.6 Å². The molecule has 0 saturated carbocycles. The van der Waals surface area contributed by atoms with Gasteiger partial charge < -0.3 is 20.7 Å². The summed E-state index contributed by atoms with van der Waals surface area (Å²) in [6.07, 6.45) is 0. The molecule has 1 aliphatic heterocycles. The van der Waals surface area contributed by atoms with Gasteiger partial charge >= 0.3 is 6.03 Å². The summed E-state index contributed by atoms with van der Waals surface area (Å²) in [5, 5.41) is 8.77. The molecular formula is C19H23N3O4S. The third-order valence-electron chi connectivity index (χ3n) is 4.41. The molecule has 0 radical (unpaired) electrons. The maximum absolute atomic E-state index is 12.0. The number of rotatable bonds is 5. The lowest BCUT2D eigenvalue weighted by molar-refractivity contribution is 0.251. The Bertz CT molecular complexity index is 880. The SMILES string of the molecule is COc1ccc(CNC(=O)Nc2ccc([C@H]3CS(=O)(=O)CCN3)cc2)cc1. The van der Waals surface area contributed by atoms with E-state index < -0.39 is 9.84 Å². The molecule has 3 rings (SSSR count). The first-order valence-electron chi connectivity index (χ1n) is 8.67. The molecule has 144 valence electrons. The molecule has 8 heteroatoms. The molecule has 0 unspecified atom stereocenters. The number of methoxy groups -OCH3 is 1. The van der Waals surface area contributed by atoms with Crippen LogP contribution in [0.2, 0.25) is 0 Å². The number of sulfone groups is 1. The molecule has 1 aliphatic rings. The van der Waals surface area contributed by atoms with Crippen molar-refractivity contribution in [2.45, 2.75) is 12.6 Å². The van der Waals surface area contributed by atoms with Gasteiger partial charge in [0.2, 0.25) is 0 Å². The van der Waals surface area contributed by atoms with E-state index in [0.29, 0.717) is 18.8 Å². The van der Waals surface area contributed by atoms with Crippen LogP contribution in [0.25, 0.3) is 0 Å². The predicted octanol–water partition coefficient (Wildman–Crippen LogP) is 2.08. The molecule has 1 atom stereocenters. The number of hydrogen-bond donors (Lipinski definition) is 3. The highest BCUT2D eigenvalue weighted by Gasteiger charge is 2.25. The van der Waals surface area contributed by atoms with Crippen molar-refractivity contribution in [3.8, 4) is 5.75 Å². The van der Waals surface area contributed by atoms with Crippen LogP contribution in [0.3, 0.4) is 0 Å². The van der Waals surface area contributed by atoms with Crippen LogP contribution in [0.4, 0.5) is 10.5 Å². The summed E-state index contributed by atoms with van der Waals surface area (Å²) in [6, 6.07) is 14.1. The summed E-state index contributed by atoms with van der Waals surface area (Å²) >= 11 is 0. The molecule has 2 amide bonds. The Morgan fingerprint density at radius 3 is 2.48 bits per heavy atom. The number of benzene rings is 2. The summed E-state index contributed by atoms with van der Waals surface area (Å²) < 4.78 is 28.6. The number of urea groups is 1. The van der Waals surface area contributed by atoms with Crippen molar-refractivity contribution < 1.29 is 17.9 Å². The number of hydrogen-bond acceptors (Lipinski definition) is 5. The molecule has 3 N–H and O–H groups in total. The van der Waals surface area contributed by atoms with Gasteiger partial charge in [-0.25, -0.2) is 13.2 Å². The number of amides is 2. The van der Waals surface area contributed by atoms with Crippen LogP contribution in [0.5, 0.6) is 5.75 Å². The molecule has 0 bridgehead atoms. The first-order chi connectivity index (χ1) is 12.9. The highest BCUT2D eigenvalue weighted by Crippen LogP contribution is 2.20. The second kappa shape index (κ2) is 8.41. The van der Waals surface area contributed by atoms with Gasteiger partial charge in [-0.05, 0) is 35.4 Å². The van der Waals surface area contributed by atoms with Gasteiger partial charge in [0.1, 0.15) is 5.75 Å². The second-order valence-electron chi connectivity index (χ2n) is 6.40. The van der Waals surface area contributed by atoms with Crippen LogP contribution in [-0.2, 0) is 16.4 Å². The maximum Gasteiger partial charge on any atom is 0.319 e. The van der Waals surface area contributed by atoms with Crippen molar-refractivity contribution in [1.29, 1.82) is 0 Å². The van der Waals surface area contributed by atoms with Gasteiger partial charge in [0, 0.05) is 24.8 Å². The van der Waals surface area contributed by atoms with Gasteiger partial charge in [-0.15, -0.1) is 0 Å².